The average Bonchev–Trinajstić information content (AvgIpc) is 3.21. The van der Waals surface area contributed by atoms with Gasteiger partial charge in [0, 0.05) is 39.2 Å². The molecule has 3 rings (SSSR count). The maximum absolute atomic E-state index is 13.0. The van der Waals surface area contributed by atoms with E-state index in [1.54, 1.807) is 43.7 Å². The molecule has 2 amide bonds. The highest BCUT2D eigenvalue weighted by Crippen LogP contribution is 2.38. The zero-order valence-electron chi connectivity index (χ0n) is 13.1. The lowest BCUT2D eigenvalue weighted by Gasteiger charge is -2.35. The second-order valence-corrected chi connectivity index (χ2v) is 5.43. The summed E-state index contributed by atoms with van der Waals surface area (Å²) in [5.41, 5.74) is -0.221. The van der Waals surface area contributed by atoms with E-state index in [9.17, 15) is 9.59 Å². The summed E-state index contributed by atoms with van der Waals surface area (Å²) in [7, 11) is 3.26. The third-order valence-electron chi connectivity index (χ3n) is 4.26. The topological polar surface area (TPSA) is 93.0 Å². The monoisotopic (exact) mass is 314 g/mol. The van der Waals surface area contributed by atoms with Crippen molar-refractivity contribution in [2.45, 2.75) is 18.4 Å². The fourth-order valence-corrected chi connectivity index (χ4v) is 3.15. The smallest absolute Gasteiger partial charge is 0.273 e. The van der Waals surface area contributed by atoms with Crippen molar-refractivity contribution >= 4 is 11.8 Å². The highest BCUT2D eigenvalue weighted by molar-refractivity contribution is 5.99. The Hall–Kier alpha value is -2.77. The van der Waals surface area contributed by atoms with Crippen LogP contribution in [-0.2, 0) is 17.4 Å². The van der Waals surface area contributed by atoms with Gasteiger partial charge in [0.25, 0.3) is 11.8 Å². The Kier molecular flexibility index (Phi) is 3.81. The van der Waals surface area contributed by atoms with E-state index >= 15 is 0 Å². The third kappa shape index (κ3) is 2.26. The number of carbonyl (C=O) groups is 2. The molecule has 1 N–H and O–H groups in total. The molecular weight excluding hydrogens is 296 g/mol. The molecule has 23 heavy (non-hydrogen) atoms. The van der Waals surface area contributed by atoms with Crippen LogP contribution in [0.25, 0.3) is 0 Å². The molecule has 1 fully saturated rings. The zero-order valence-corrected chi connectivity index (χ0v) is 13.1. The Labute approximate surface area is 133 Å². The minimum atomic E-state index is -1.13. The van der Waals surface area contributed by atoms with Crippen molar-refractivity contribution in [3.8, 4) is 0 Å². The molecular formula is C15H18N6O2. The van der Waals surface area contributed by atoms with E-state index in [2.05, 4.69) is 20.4 Å². The second kappa shape index (κ2) is 5.79. The van der Waals surface area contributed by atoms with Crippen LogP contribution in [0.1, 0.15) is 29.0 Å². The van der Waals surface area contributed by atoms with Gasteiger partial charge in [-0.3, -0.25) is 24.2 Å². The molecule has 2 aromatic heterocycles. The summed E-state index contributed by atoms with van der Waals surface area (Å²) in [5, 5.41) is 6.70. The quantitative estimate of drug-likeness (QED) is 0.866. The van der Waals surface area contributed by atoms with E-state index < -0.39 is 5.54 Å². The van der Waals surface area contributed by atoms with Crippen LogP contribution in [0.4, 0.5) is 0 Å². The normalized spacial score (nSPS) is 20.5. The third-order valence-corrected chi connectivity index (χ3v) is 4.26. The summed E-state index contributed by atoms with van der Waals surface area (Å²) in [6.45, 7) is 0.480. The molecule has 120 valence electrons. The standard InChI is InChI=1S/C15H18N6O2/c1-16-14(23)15(12-10-17-7-8-18-12)5-3-9-21(15)13(22)11-4-6-19-20(11)2/h4,6-8,10H,3,5,9H2,1-2H3,(H,16,23). The number of aryl methyl sites for hydroxylation is 1. The van der Waals surface area contributed by atoms with Gasteiger partial charge in [-0.05, 0) is 18.9 Å². The molecule has 8 heteroatoms. The Morgan fingerprint density at radius 1 is 1.30 bits per heavy atom. The summed E-state index contributed by atoms with van der Waals surface area (Å²) in [6, 6.07) is 1.64. The molecule has 0 radical (unpaired) electrons. The lowest BCUT2D eigenvalue weighted by molar-refractivity contribution is -0.131. The van der Waals surface area contributed by atoms with Gasteiger partial charge in [0.05, 0.1) is 11.9 Å². The van der Waals surface area contributed by atoms with Gasteiger partial charge in [-0.25, -0.2) is 0 Å². The van der Waals surface area contributed by atoms with Crippen molar-refractivity contribution in [2.24, 2.45) is 7.05 Å². The summed E-state index contributed by atoms with van der Waals surface area (Å²) in [4.78, 5) is 35.6. The number of hydrogen-bond acceptors (Lipinski definition) is 5. The number of nitrogens with one attached hydrogen (secondary N) is 1. The van der Waals surface area contributed by atoms with Gasteiger partial charge in [-0.15, -0.1) is 0 Å². The van der Waals surface area contributed by atoms with Crippen molar-refractivity contribution in [1.82, 2.24) is 30.0 Å². The van der Waals surface area contributed by atoms with E-state index in [1.807, 2.05) is 0 Å². The lowest BCUT2D eigenvalue weighted by atomic mass is 9.90. The Morgan fingerprint density at radius 3 is 2.74 bits per heavy atom. The largest absolute Gasteiger partial charge is 0.357 e. The van der Waals surface area contributed by atoms with Crippen molar-refractivity contribution in [3.05, 3.63) is 42.2 Å². The highest BCUT2D eigenvalue weighted by atomic mass is 16.2. The van der Waals surface area contributed by atoms with Crippen molar-refractivity contribution < 1.29 is 9.59 Å². The number of aromatic nitrogens is 4. The van der Waals surface area contributed by atoms with Crippen LogP contribution in [0.5, 0.6) is 0 Å². The summed E-state index contributed by atoms with van der Waals surface area (Å²) < 4.78 is 1.51. The van der Waals surface area contributed by atoms with Crippen LogP contribution in [0.2, 0.25) is 0 Å². The molecule has 1 saturated heterocycles. The molecule has 8 nitrogen and oxygen atoms in total. The first-order valence-corrected chi connectivity index (χ1v) is 7.40. The predicted octanol–water partition coefficient (Wildman–Crippen LogP) is 0.0876. The van der Waals surface area contributed by atoms with E-state index in [0.717, 1.165) is 0 Å². The fourth-order valence-electron chi connectivity index (χ4n) is 3.15. The number of nitrogens with zero attached hydrogens (tertiary/aromatic N) is 5. The molecule has 2 aromatic rings. The molecule has 0 aromatic carbocycles. The van der Waals surface area contributed by atoms with Crippen LogP contribution in [0.15, 0.2) is 30.9 Å². The molecule has 1 atom stereocenters. The minimum absolute atomic E-state index is 0.239. The summed E-state index contributed by atoms with van der Waals surface area (Å²) in [5.74, 6) is -0.497. The van der Waals surface area contributed by atoms with Crippen LogP contribution in [-0.4, -0.2) is 50.1 Å². The highest BCUT2D eigenvalue weighted by Gasteiger charge is 2.52. The number of hydrogen-bond donors (Lipinski definition) is 1. The number of carbonyl (C=O) groups excluding carboxylic acids is 2. The molecule has 1 unspecified atom stereocenters. The molecule has 1 aliphatic rings. The number of amides is 2. The zero-order chi connectivity index (χ0) is 16.4. The Bertz CT molecular complexity index is 729. The van der Waals surface area contributed by atoms with E-state index in [0.29, 0.717) is 30.8 Å². The van der Waals surface area contributed by atoms with Gasteiger partial charge in [0.2, 0.25) is 0 Å². The van der Waals surface area contributed by atoms with Gasteiger partial charge in [-0.1, -0.05) is 0 Å². The first-order valence-electron chi connectivity index (χ1n) is 7.40. The lowest BCUT2D eigenvalue weighted by Crippen LogP contribution is -2.55. The minimum Gasteiger partial charge on any atom is -0.357 e. The second-order valence-electron chi connectivity index (χ2n) is 5.43. The van der Waals surface area contributed by atoms with Crippen LogP contribution in [0.3, 0.4) is 0 Å². The number of rotatable bonds is 3. The number of likely N-dealkylation sites (N-methyl/N-ethyl adjacent to an activating group) is 1. The van der Waals surface area contributed by atoms with Gasteiger partial charge >= 0.3 is 0 Å². The molecule has 1 aliphatic heterocycles. The van der Waals surface area contributed by atoms with Crippen LogP contribution in [0, 0.1) is 0 Å². The SMILES string of the molecule is CNC(=O)C1(c2cnccn2)CCCN1C(=O)c1ccnn1C. The van der Waals surface area contributed by atoms with E-state index in [4.69, 9.17) is 0 Å². The van der Waals surface area contributed by atoms with Crippen molar-refractivity contribution in [1.29, 1.82) is 0 Å². The van der Waals surface area contributed by atoms with Gasteiger partial charge in [0.15, 0.2) is 5.54 Å². The maximum atomic E-state index is 13.0. The van der Waals surface area contributed by atoms with Gasteiger partial charge in [-0.2, -0.15) is 5.10 Å². The van der Waals surface area contributed by atoms with Gasteiger partial charge < -0.3 is 10.2 Å². The van der Waals surface area contributed by atoms with Gasteiger partial charge in [0.1, 0.15) is 5.69 Å². The van der Waals surface area contributed by atoms with Crippen molar-refractivity contribution in [3.63, 3.8) is 0 Å². The molecule has 0 aliphatic carbocycles. The fraction of sp³-hybridized carbons (Fsp3) is 0.400. The van der Waals surface area contributed by atoms with Crippen molar-refractivity contribution in [2.75, 3.05) is 13.6 Å². The van der Waals surface area contributed by atoms with Crippen LogP contribution >= 0.6 is 0 Å². The number of likely N-dealkylation sites (tertiary alicyclic amines) is 1. The van der Waals surface area contributed by atoms with E-state index in [1.165, 1.54) is 10.9 Å². The maximum Gasteiger partial charge on any atom is 0.273 e. The molecule has 3 heterocycles. The summed E-state index contributed by atoms with van der Waals surface area (Å²) in [6.07, 6.45) is 7.41. The van der Waals surface area contributed by atoms with Crippen LogP contribution < -0.4 is 5.32 Å². The molecule has 0 spiro atoms. The molecule has 0 bridgehead atoms. The first-order chi connectivity index (χ1) is 11.1. The first kappa shape index (κ1) is 15.1. The Balaban J connectivity index is 2.10. The average molecular weight is 314 g/mol. The predicted molar refractivity (Wildman–Crippen MR) is 81.3 cm³/mol. The Morgan fingerprint density at radius 2 is 2.13 bits per heavy atom. The van der Waals surface area contributed by atoms with E-state index in [-0.39, 0.29) is 11.8 Å². The molecule has 0 saturated carbocycles. The summed E-state index contributed by atoms with van der Waals surface area (Å²) >= 11 is 0.